The number of hydrogen-bond donors (Lipinski definition) is 3. The monoisotopic (exact) mass is 566 g/mol. The van der Waals surface area contributed by atoms with E-state index in [0.717, 1.165) is 29.1 Å². The smallest absolute Gasteiger partial charge is 0.378 e. The first-order chi connectivity index (χ1) is 19.5. The number of H-pyrrole nitrogens is 1. The molecule has 0 bridgehead atoms. The van der Waals surface area contributed by atoms with Gasteiger partial charge >= 0.3 is 6.18 Å². The number of halogens is 3. The summed E-state index contributed by atoms with van der Waals surface area (Å²) in [5.74, 6) is -0.946. The van der Waals surface area contributed by atoms with Crippen molar-refractivity contribution in [2.45, 2.75) is 13.1 Å². The van der Waals surface area contributed by atoms with Gasteiger partial charge in [0.05, 0.1) is 24.3 Å². The van der Waals surface area contributed by atoms with Crippen LogP contribution in [0.1, 0.15) is 32.0 Å². The van der Waals surface area contributed by atoms with Crippen LogP contribution in [0.5, 0.6) is 0 Å². The quantitative estimate of drug-likeness (QED) is 0.300. The van der Waals surface area contributed by atoms with Crippen molar-refractivity contribution in [3.63, 3.8) is 0 Å². The van der Waals surface area contributed by atoms with Crippen LogP contribution >= 0.6 is 0 Å². The highest BCUT2D eigenvalue weighted by Crippen LogP contribution is 2.35. The topological polar surface area (TPSA) is 103 Å². The van der Waals surface area contributed by atoms with Crippen LogP contribution in [0.15, 0.2) is 54.6 Å². The second-order valence-electron chi connectivity index (χ2n) is 9.76. The average molecular weight is 567 g/mol. The number of benzene rings is 3. The summed E-state index contributed by atoms with van der Waals surface area (Å²) >= 11 is 0. The first-order valence-corrected chi connectivity index (χ1v) is 13.0. The van der Waals surface area contributed by atoms with Gasteiger partial charge in [0.25, 0.3) is 11.8 Å². The lowest BCUT2D eigenvalue weighted by atomic mass is 10.1. The van der Waals surface area contributed by atoms with Crippen molar-refractivity contribution in [2.24, 2.45) is 0 Å². The number of aromatic amines is 1. The van der Waals surface area contributed by atoms with Gasteiger partial charge in [0.2, 0.25) is 0 Å². The fraction of sp³-hybridized carbons (Fsp3) is 0.276. The Bertz CT molecular complexity index is 1610. The molecule has 214 valence electrons. The molecular weight excluding hydrogens is 537 g/mol. The first kappa shape index (κ1) is 28.0. The minimum absolute atomic E-state index is 0.0894. The van der Waals surface area contributed by atoms with Gasteiger partial charge in [0.1, 0.15) is 0 Å². The van der Waals surface area contributed by atoms with Crippen molar-refractivity contribution in [1.82, 2.24) is 15.5 Å². The van der Waals surface area contributed by atoms with Crippen molar-refractivity contribution in [3.8, 4) is 0 Å². The van der Waals surface area contributed by atoms with E-state index < -0.39 is 17.6 Å². The van der Waals surface area contributed by atoms with Gasteiger partial charge in [0, 0.05) is 60.9 Å². The zero-order valence-corrected chi connectivity index (χ0v) is 22.7. The van der Waals surface area contributed by atoms with Crippen molar-refractivity contribution >= 4 is 45.5 Å². The minimum Gasteiger partial charge on any atom is -0.378 e. The summed E-state index contributed by atoms with van der Waals surface area (Å²) in [5, 5.41) is 13.0. The number of nitrogens with zero attached hydrogens (tertiary/aromatic N) is 3. The van der Waals surface area contributed by atoms with Crippen LogP contribution in [-0.2, 0) is 10.9 Å². The molecule has 0 unspecified atom stereocenters. The maximum absolute atomic E-state index is 13.7. The molecule has 41 heavy (non-hydrogen) atoms. The second-order valence-corrected chi connectivity index (χ2v) is 9.76. The van der Waals surface area contributed by atoms with E-state index in [9.17, 15) is 22.8 Å². The van der Waals surface area contributed by atoms with Crippen LogP contribution in [0.3, 0.4) is 0 Å². The van der Waals surface area contributed by atoms with Crippen molar-refractivity contribution in [3.05, 3.63) is 77.0 Å². The number of hydrogen-bond acceptors (Lipinski definition) is 6. The summed E-state index contributed by atoms with van der Waals surface area (Å²) in [7, 11) is 3.39. The molecule has 1 aliphatic rings. The number of ether oxygens (including phenoxy) is 1. The number of morpholine rings is 1. The summed E-state index contributed by atoms with van der Waals surface area (Å²) in [6.45, 7) is 3.60. The highest BCUT2D eigenvalue weighted by atomic mass is 19.4. The lowest BCUT2D eigenvalue weighted by molar-refractivity contribution is -0.137. The van der Waals surface area contributed by atoms with Crippen molar-refractivity contribution in [2.75, 3.05) is 55.5 Å². The Morgan fingerprint density at radius 3 is 2.49 bits per heavy atom. The van der Waals surface area contributed by atoms with E-state index in [1.165, 1.54) is 13.1 Å². The molecule has 2 amide bonds. The number of carbonyl (C=O) groups is 2. The van der Waals surface area contributed by atoms with Crippen molar-refractivity contribution in [1.29, 1.82) is 0 Å². The van der Waals surface area contributed by atoms with Gasteiger partial charge in [0.15, 0.2) is 5.69 Å². The van der Waals surface area contributed by atoms with E-state index in [0.29, 0.717) is 54.3 Å². The summed E-state index contributed by atoms with van der Waals surface area (Å²) < 4.78 is 46.4. The molecule has 1 aromatic heterocycles. The molecule has 0 radical (unpaired) electrons. The summed E-state index contributed by atoms with van der Waals surface area (Å²) in [6, 6.07) is 14.2. The Labute approximate surface area is 234 Å². The fourth-order valence-electron chi connectivity index (χ4n) is 4.81. The molecule has 5 rings (SSSR count). The molecule has 9 nitrogen and oxygen atoms in total. The Kier molecular flexibility index (Phi) is 7.59. The standard InChI is InChI=1S/C29H29F3N6O3/c1-17-4-5-20(15-25(17)37(3)21-6-7-23-24(16-21)35-36-26(23)28(40)33-2)34-27(39)18-12-19(29(30,31)32)14-22(13-18)38-8-10-41-11-9-38/h4-7,12-16H,8-11H2,1-3H3,(H,33,40)(H,34,39)(H,35,36). The SMILES string of the molecule is CNC(=O)c1n[nH]c2cc(N(C)c3cc(NC(=O)c4cc(N5CCOCC5)cc(C(F)(F)F)c4)ccc3C)ccc12. The molecule has 0 saturated carbocycles. The third-order valence-corrected chi connectivity index (χ3v) is 7.09. The number of anilines is 4. The predicted octanol–water partition coefficient (Wildman–Crippen LogP) is 5.11. The number of aryl methyl sites for hydroxylation is 1. The van der Waals surface area contributed by atoms with Gasteiger partial charge in [-0.05, 0) is 61.0 Å². The fourth-order valence-corrected chi connectivity index (χ4v) is 4.81. The zero-order valence-electron chi connectivity index (χ0n) is 22.7. The molecule has 3 N–H and O–H groups in total. The molecule has 0 spiro atoms. The normalized spacial score (nSPS) is 13.8. The van der Waals surface area contributed by atoms with Gasteiger partial charge in [-0.1, -0.05) is 6.07 Å². The molecule has 2 heterocycles. The maximum atomic E-state index is 13.7. The van der Waals surface area contributed by atoms with E-state index >= 15 is 0 Å². The van der Waals surface area contributed by atoms with Crippen LogP contribution in [0.25, 0.3) is 10.9 Å². The average Bonchev–Trinajstić information content (AvgIpc) is 3.40. The molecule has 12 heteroatoms. The van der Waals surface area contributed by atoms with Crippen LogP contribution in [-0.4, -0.2) is 62.4 Å². The molecule has 4 aromatic rings. The Hall–Kier alpha value is -4.58. The van der Waals surface area contributed by atoms with Crippen LogP contribution in [0, 0.1) is 6.92 Å². The number of fused-ring (bicyclic) bond motifs is 1. The Balaban J connectivity index is 1.41. The van der Waals surface area contributed by atoms with Gasteiger partial charge in [-0.3, -0.25) is 14.7 Å². The number of alkyl halides is 3. The molecule has 0 aliphatic carbocycles. The van der Waals surface area contributed by atoms with E-state index in [2.05, 4.69) is 20.8 Å². The number of aromatic nitrogens is 2. The van der Waals surface area contributed by atoms with Gasteiger partial charge < -0.3 is 25.2 Å². The number of carbonyl (C=O) groups excluding carboxylic acids is 2. The lowest BCUT2D eigenvalue weighted by Gasteiger charge is -2.29. The van der Waals surface area contributed by atoms with Crippen LogP contribution < -0.4 is 20.4 Å². The van der Waals surface area contributed by atoms with Crippen molar-refractivity contribution < 1.29 is 27.5 Å². The zero-order chi connectivity index (χ0) is 29.3. The van der Waals surface area contributed by atoms with Crippen LogP contribution in [0.4, 0.5) is 35.9 Å². The largest absolute Gasteiger partial charge is 0.416 e. The Morgan fingerprint density at radius 2 is 1.78 bits per heavy atom. The number of amides is 2. The first-order valence-electron chi connectivity index (χ1n) is 13.0. The van der Waals surface area contributed by atoms with Gasteiger partial charge in [-0.15, -0.1) is 0 Å². The highest BCUT2D eigenvalue weighted by Gasteiger charge is 2.32. The minimum atomic E-state index is -4.60. The van der Waals surface area contributed by atoms with E-state index in [-0.39, 0.29) is 11.5 Å². The third-order valence-electron chi connectivity index (χ3n) is 7.09. The molecule has 0 atom stereocenters. The van der Waals surface area contributed by atoms with E-state index in [4.69, 9.17) is 4.74 Å². The van der Waals surface area contributed by atoms with E-state index in [1.807, 2.05) is 37.1 Å². The molecule has 1 aliphatic heterocycles. The van der Waals surface area contributed by atoms with Gasteiger partial charge in [-0.25, -0.2) is 0 Å². The maximum Gasteiger partial charge on any atom is 0.416 e. The predicted molar refractivity (Wildman–Crippen MR) is 151 cm³/mol. The summed E-state index contributed by atoms with van der Waals surface area (Å²) in [5.41, 5.74) is 3.23. The van der Waals surface area contributed by atoms with Crippen LogP contribution in [0.2, 0.25) is 0 Å². The van der Waals surface area contributed by atoms with Gasteiger partial charge in [-0.2, -0.15) is 18.3 Å². The number of nitrogens with one attached hydrogen (secondary N) is 3. The molecular formula is C29H29F3N6O3. The third kappa shape index (κ3) is 5.82. The molecule has 3 aromatic carbocycles. The number of rotatable bonds is 6. The Morgan fingerprint density at radius 1 is 1.02 bits per heavy atom. The summed E-state index contributed by atoms with van der Waals surface area (Å²) in [4.78, 5) is 29.0. The summed E-state index contributed by atoms with van der Waals surface area (Å²) in [6.07, 6.45) is -4.60. The second kappa shape index (κ2) is 11.1. The van der Waals surface area contributed by atoms with E-state index in [1.54, 1.807) is 23.1 Å². The molecule has 1 saturated heterocycles. The lowest BCUT2D eigenvalue weighted by Crippen LogP contribution is -2.36. The molecule has 1 fully saturated rings. The highest BCUT2D eigenvalue weighted by molar-refractivity contribution is 6.06.